The predicted molar refractivity (Wildman–Crippen MR) is 144 cm³/mol. The van der Waals surface area contributed by atoms with Gasteiger partial charge in [0.05, 0.1) is 29.6 Å². The van der Waals surface area contributed by atoms with Crippen LogP contribution in [-0.4, -0.2) is 16.8 Å². The molecule has 5 rings (SSSR count). The number of hydrogen-bond donors (Lipinski definition) is 0. The molecular formula is C26H18Cl2O4S4. The number of benzene rings is 4. The van der Waals surface area contributed by atoms with Gasteiger partial charge in [0, 0.05) is 19.6 Å². The number of fused-ring (bicyclic) bond motifs is 2. The van der Waals surface area contributed by atoms with Crippen LogP contribution in [0.2, 0.25) is 10.0 Å². The van der Waals surface area contributed by atoms with Crippen molar-refractivity contribution in [3.8, 4) is 0 Å². The molecule has 1 heterocycles. The lowest BCUT2D eigenvalue weighted by molar-refractivity contribution is 0.594. The van der Waals surface area contributed by atoms with E-state index in [0.29, 0.717) is 9.79 Å². The minimum absolute atomic E-state index is 0.0213. The minimum atomic E-state index is -3.83. The highest BCUT2D eigenvalue weighted by Crippen LogP contribution is 2.52. The molecule has 0 saturated carbocycles. The van der Waals surface area contributed by atoms with Gasteiger partial charge in [0.25, 0.3) is 0 Å². The van der Waals surface area contributed by atoms with Crippen LogP contribution in [0.25, 0.3) is 0 Å². The van der Waals surface area contributed by atoms with Crippen LogP contribution in [0.4, 0.5) is 0 Å². The topological polar surface area (TPSA) is 68.3 Å². The van der Waals surface area contributed by atoms with Crippen LogP contribution in [0.3, 0.4) is 0 Å². The van der Waals surface area contributed by atoms with E-state index in [2.05, 4.69) is 0 Å². The summed E-state index contributed by atoms with van der Waals surface area (Å²) >= 11 is 15.6. The lowest BCUT2D eigenvalue weighted by Crippen LogP contribution is -2.05. The van der Waals surface area contributed by atoms with Gasteiger partial charge in [-0.1, -0.05) is 82.1 Å². The van der Waals surface area contributed by atoms with Crippen LogP contribution in [0.5, 0.6) is 0 Å². The summed E-state index contributed by atoms with van der Waals surface area (Å²) in [7, 11) is -7.65. The molecule has 0 aromatic heterocycles. The maximum atomic E-state index is 13.3. The van der Waals surface area contributed by atoms with Crippen molar-refractivity contribution in [1.82, 2.24) is 0 Å². The van der Waals surface area contributed by atoms with Gasteiger partial charge in [0.1, 0.15) is 0 Å². The fraction of sp³-hybridized carbons (Fsp3) is 0.0769. The SMILES string of the molecule is Cc1ccc(S(=O)(=O)c2cc3c(cc2Cl)Sc2cc(S(=O)(=O)c4ccc(C)cc4)c(Cl)cc2S3)cc1. The number of hydrogen-bond acceptors (Lipinski definition) is 6. The van der Waals surface area contributed by atoms with Crippen molar-refractivity contribution in [2.45, 2.75) is 53.0 Å². The zero-order valence-corrected chi connectivity index (χ0v) is 23.7. The minimum Gasteiger partial charge on any atom is -0.218 e. The Bertz CT molecular complexity index is 1600. The molecule has 0 spiro atoms. The lowest BCUT2D eigenvalue weighted by atomic mass is 10.2. The maximum Gasteiger partial charge on any atom is 0.208 e. The van der Waals surface area contributed by atoms with E-state index in [-0.39, 0.29) is 29.6 Å². The van der Waals surface area contributed by atoms with E-state index in [0.717, 1.165) is 20.9 Å². The Kier molecular flexibility index (Phi) is 6.72. The maximum absolute atomic E-state index is 13.3. The highest BCUT2D eigenvalue weighted by Gasteiger charge is 2.29. The Morgan fingerprint density at radius 1 is 0.528 bits per heavy atom. The van der Waals surface area contributed by atoms with Gasteiger partial charge in [-0.15, -0.1) is 0 Å². The summed E-state index contributed by atoms with van der Waals surface area (Å²) in [5, 5.41) is 0.208. The standard InChI is InChI=1S/C26H18Cl2O4S4/c1-15-3-7-17(8-4-15)35(29,30)25-13-23-21(11-19(25)27)34-24-14-26(20(28)12-22(24)33-23)36(31,32)18-9-5-16(2)6-10-18/h3-14H,1-2H3. The normalized spacial score (nSPS) is 13.2. The van der Waals surface area contributed by atoms with Crippen LogP contribution < -0.4 is 0 Å². The molecule has 1 aliphatic rings. The summed E-state index contributed by atoms with van der Waals surface area (Å²) in [6, 6.07) is 19.6. The average molecular weight is 594 g/mol. The zero-order chi connectivity index (χ0) is 25.8. The Labute approximate surface area is 228 Å². The monoisotopic (exact) mass is 592 g/mol. The molecule has 184 valence electrons. The first-order valence-corrected chi connectivity index (χ1v) is 16.0. The molecular weight excluding hydrogens is 575 g/mol. The third-order valence-corrected chi connectivity index (χ3v) is 12.6. The molecule has 0 unspecified atom stereocenters. The summed E-state index contributed by atoms with van der Waals surface area (Å²) in [6.45, 7) is 3.77. The molecule has 0 saturated heterocycles. The molecule has 36 heavy (non-hydrogen) atoms. The first-order chi connectivity index (χ1) is 17.0. The lowest BCUT2D eigenvalue weighted by Gasteiger charge is -2.21. The fourth-order valence-electron chi connectivity index (χ4n) is 3.69. The second-order valence-electron chi connectivity index (χ2n) is 8.30. The predicted octanol–water partition coefficient (Wildman–Crippen LogP) is 7.89. The van der Waals surface area contributed by atoms with Gasteiger partial charge >= 0.3 is 0 Å². The zero-order valence-electron chi connectivity index (χ0n) is 19.0. The van der Waals surface area contributed by atoms with Gasteiger partial charge in [-0.3, -0.25) is 0 Å². The summed E-state index contributed by atoms with van der Waals surface area (Å²) in [4.78, 5) is 3.25. The van der Waals surface area contributed by atoms with Crippen molar-refractivity contribution in [1.29, 1.82) is 0 Å². The quantitative estimate of drug-likeness (QED) is 0.211. The number of halogens is 2. The fourth-order valence-corrected chi connectivity index (χ4v) is 9.90. The summed E-state index contributed by atoms with van der Waals surface area (Å²) < 4.78 is 53.1. The van der Waals surface area contributed by atoms with E-state index >= 15 is 0 Å². The van der Waals surface area contributed by atoms with E-state index in [1.807, 2.05) is 13.8 Å². The molecule has 0 aliphatic carbocycles. The summed E-state index contributed by atoms with van der Waals surface area (Å²) in [6.07, 6.45) is 0. The van der Waals surface area contributed by atoms with Gasteiger partial charge < -0.3 is 0 Å². The number of rotatable bonds is 4. The highest BCUT2D eigenvalue weighted by molar-refractivity contribution is 8.05. The van der Waals surface area contributed by atoms with Gasteiger partial charge in [0.2, 0.25) is 19.7 Å². The van der Waals surface area contributed by atoms with E-state index in [1.165, 1.54) is 23.5 Å². The third-order valence-electron chi connectivity index (χ3n) is 5.68. The molecule has 1 aliphatic heterocycles. The third kappa shape index (κ3) is 4.59. The largest absolute Gasteiger partial charge is 0.218 e. The summed E-state index contributed by atoms with van der Waals surface area (Å²) in [5.74, 6) is 0. The van der Waals surface area contributed by atoms with Gasteiger partial charge in [-0.25, -0.2) is 16.8 Å². The highest BCUT2D eigenvalue weighted by atomic mass is 35.5. The average Bonchev–Trinajstić information content (AvgIpc) is 2.82. The first-order valence-electron chi connectivity index (χ1n) is 10.6. The Hall–Kier alpha value is -1.94. The Balaban J connectivity index is 1.54. The van der Waals surface area contributed by atoms with Gasteiger partial charge in [-0.2, -0.15) is 0 Å². The van der Waals surface area contributed by atoms with E-state index < -0.39 is 19.7 Å². The van der Waals surface area contributed by atoms with Gasteiger partial charge in [0.15, 0.2) is 0 Å². The molecule has 0 bridgehead atoms. The van der Waals surface area contributed by atoms with Crippen LogP contribution in [0, 0.1) is 13.8 Å². The molecule has 0 fully saturated rings. The van der Waals surface area contributed by atoms with Crippen molar-refractivity contribution < 1.29 is 16.8 Å². The smallest absolute Gasteiger partial charge is 0.208 e. The van der Waals surface area contributed by atoms with Crippen molar-refractivity contribution in [2.24, 2.45) is 0 Å². The molecule has 4 aromatic carbocycles. The molecule has 0 amide bonds. The van der Waals surface area contributed by atoms with E-state index in [9.17, 15) is 16.8 Å². The number of sulfone groups is 2. The Morgan fingerprint density at radius 2 is 0.833 bits per heavy atom. The van der Waals surface area contributed by atoms with Crippen LogP contribution in [-0.2, 0) is 19.7 Å². The van der Waals surface area contributed by atoms with Crippen molar-refractivity contribution in [3.05, 3.63) is 94.0 Å². The van der Waals surface area contributed by atoms with Crippen LogP contribution in [0.1, 0.15) is 11.1 Å². The Morgan fingerprint density at radius 3 is 1.17 bits per heavy atom. The second kappa shape index (κ2) is 9.42. The van der Waals surface area contributed by atoms with Crippen LogP contribution in [0.15, 0.2) is 112 Å². The van der Waals surface area contributed by atoms with Gasteiger partial charge in [-0.05, 0) is 62.4 Å². The molecule has 0 atom stereocenters. The van der Waals surface area contributed by atoms with E-state index in [4.69, 9.17) is 23.2 Å². The van der Waals surface area contributed by atoms with Crippen molar-refractivity contribution >= 4 is 66.4 Å². The van der Waals surface area contributed by atoms with Crippen molar-refractivity contribution in [3.63, 3.8) is 0 Å². The molecule has 0 N–H and O–H groups in total. The van der Waals surface area contributed by atoms with Crippen molar-refractivity contribution in [2.75, 3.05) is 0 Å². The molecule has 4 aromatic rings. The number of aryl methyl sites for hydroxylation is 2. The summed E-state index contributed by atoms with van der Waals surface area (Å²) in [5.41, 5.74) is 1.91. The first kappa shape index (κ1) is 25.7. The second-order valence-corrected chi connectivity index (χ2v) is 15.1. The van der Waals surface area contributed by atoms with Crippen LogP contribution >= 0.6 is 46.7 Å². The molecule has 10 heteroatoms. The molecule has 0 radical (unpaired) electrons. The van der Waals surface area contributed by atoms with E-state index in [1.54, 1.807) is 72.8 Å². The molecule has 4 nitrogen and oxygen atoms in total.